The average Bonchev–Trinajstić information content (AvgIpc) is 2.39. The van der Waals surface area contributed by atoms with Gasteiger partial charge in [0.1, 0.15) is 12.0 Å². The second-order valence-electron chi connectivity index (χ2n) is 3.47. The number of aromatic nitrogens is 2. The second-order valence-corrected chi connectivity index (χ2v) is 4.58. The Kier molecular flexibility index (Phi) is 6.81. The SMILES string of the molecule is C#CCSCCNc1ncnc(OCCC)c1N. The zero-order valence-corrected chi connectivity index (χ0v) is 11.3. The maximum absolute atomic E-state index is 5.91. The van der Waals surface area contributed by atoms with E-state index in [4.69, 9.17) is 16.9 Å². The van der Waals surface area contributed by atoms with Crippen LogP contribution in [0.1, 0.15) is 13.3 Å². The van der Waals surface area contributed by atoms with Crippen molar-refractivity contribution in [2.24, 2.45) is 0 Å². The Morgan fingerprint density at radius 3 is 3.11 bits per heavy atom. The summed E-state index contributed by atoms with van der Waals surface area (Å²) in [5.41, 5.74) is 6.37. The van der Waals surface area contributed by atoms with Gasteiger partial charge in [-0.15, -0.1) is 18.2 Å². The van der Waals surface area contributed by atoms with Gasteiger partial charge in [-0.05, 0) is 6.42 Å². The van der Waals surface area contributed by atoms with Crippen molar-refractivity contribution < 1.29 is 4.74 Å². The number of nitrogens with two attached hydrogens (primary N) is 1. The number of anilines is 2. The highest BCUT2D eigenvalue weighted by molar-refractivity contribution is 7.99. The number of hydrogen-bond acceptors (Lipinski definition) is 6. The first-order valence-electron chi connectivity index (χ1n) is 5.78. The van der Waals surface area contributed by atoms with Crippen LogP contribution < -0.4 is 15.8 Å². The minimum atomic E-state index is 0.436. The Morgan fingerprint density at radius 2 is 2.39 bits per heavy atom. The Hall–Kier alpha value is -1.61. The van der Waals surface area contributed by atoms with Gasteiger partial charge in [0, 0.05) is 12.3 Å². The van der Waals surface area contributed by atoms with Crippen LogP contribution in [0.2, 0.25) is 0 Å². The molecule has 0 saturated carbocycles. The molecule has 0 bridgehead atoms. The van der Waals surface area contributed by atoms with Gasteiger partial charge in [-0.2, -0.15) is 4.98 Å². The summed E-state index contributed by atoms with van der Waals surface area (Å²) in [5, 5.41) is 3.14. The molecule has 1 rings (SSSR count). The maximum Gasteiger partial charge on any atom is 0.242 e. The third kappa shape index (κ3) is 4.72. The van der Waals surface area contributed by atoms with Crippen LogP contribution in [0.3, 0.4) is 0 Å². The summed E-state index contributed by atoms with van der Waals surface area (Å²) in [6.45, 7) is 3.37. The molecule has 3 N–H and O–H groups in total. The predicted octanol–water partition coefficient (Wildman–Crippen LogP) is 1.63. The summed E-state index contributed by atoms with van der Waals surface area (Å²) in [7, 11) is 0. The van der Waals surface area contributed by atoms with Crippen LogP contribution in [0.4, 0.5) is 11.5 Å². The van der Waals surface area contributed by atoms with Crippen molar-refractivity contribution in [2.75, 3.05) is 35.7 Å². The summed E-state index contributed by atoms with van der Waals surface area (Å²) < 4.78 is 5.42. The highest BCUT2D eigenvalue weighted by Crippen LogP contribution is 2.24. The molecule has 6 heteroatoms. The Labute approximate surface area is 112 Å². The number of ether oxygens (including phenoxy) is 1. The van der Waals surface area contributed by atoms with E-state index >= 15 is 0 Å². The summed E-state index contributed by atoms with van der Waals surface area (Å²) in [4.78, 5) is 8.09. The summed E-state index contributed by atoms with van der Waals surface area (Å²) in [6, 6.07) is 0. The molecule has 5 nitrogen and oxygen atoms in total. The van der Waals surface area contributed by atoms with Crippen molar-refractivity contribution in [1.29, 1.82) is 0 Å². The van der Waals surface area contributed by atoms with Gasteiger partial charge in [0.25, 0.3) is 0 Å². The van der Waals surface area contributed by atoms with Crippen molar-refractivity contribution in [3.63, 3.8) is 0 Å². The van der Waals surface area contributed by atoms with E-state index in [2.05, 4.69) is 21.2 Å². The molecule has 0 amide bonds. The molecule has 0 aromatic carbocycles. The summed E-state index contributed by atoms with van der Waals surface area (Å²) in [5.74, 6) is 5.24. The van der Waals surface area contributed by atoms with Gasteiger partial charge in [-0.25, -0.2) is 4.98 Å². The van der Waals surface area contributed by atoms with Gasteiger partial charge in [0.05, 0.1) is 12.4 Å². The van der Waals surface area contributed by atoms with Crippen LogP contribution in [0, 0.1) is 12.3 Å². The van der Waals surface area contributed by atoms with E-state index in [1.165, 1.54) is 6.33 Å². The van der Waals surface area contributed by atoms with Crippen LogP contribution in [0.15, 0.2) is 6.33 Å². The number of terminal acetylenes is 1. The number of nitrogens with one attached hydrogen (secondary N) is 1. The average molecular weight is 266 g/mol. The minimum absolute atomic E-state index is 0.436. The number of nitrogen functional groups attached to an aromatic ring is 1. The molecule has 0 spiro atoms. The molecule has 0 saturated heterocycles. The summed E-state index contributed by atoms with van der Waals surface area (Å²) in [6.07, 6.45) is 7.52. The third-order valence-corrected chi connectivity index (χ3v) is 2.88. The summed E-state index contributed by atoms with van der Waals surface area (Å²) >= 11 is 1.68. The van der Waals surface area contributed by atoms with Gasteiger partial charge in [-0.3, -0.25) is 0 Å². The molecule has 0 fully saturated rings. The van der Waals surface area contributed by atoms with E-state index in [0.717, 1.165) is 18.7 Å². The van der Waals surface area contributed by atoms with Gasteiger partial charge >= 0.3 is 0 Å². The fraction of sp³-hybridized carbons (Fsp3) is 0.500. The van der Waals surface area contributed by atoms with E-state index in [1.807, 2.05) is 6.92 Å². The van der Waals surface area contributed by atoms with E-state index in [-0.39, 0.29) is 0 Å². The molecule has 1 heterocycles. The first-order chi connectivity index (χ1) is 8.79. The van der Waals surface area contributed by atoms with Crippen molar-refractivity contribution >= 4 is 23.3 Å². The van der Waals surface area contributed by atoms with E-state index in [9.17, 15) is 0 Å². The van der Waals surface area contributed by atoms with Gasteiger partial charge in [0.15, 0.2) is 5.82 Å². The second kappa shape index (κ2) is 8.48. The van der Waals surface area contributed by atoms with Gasteiger partial charge in [0.2, 0.25) is 5.88 Å². The molecular weight excluding hydrogens is 248 g/mol. The molecule has 1 aromatic heterocycles. The highest BCUT2D eigenvalue weighted by atomic mass is 32.2. The molecular formula is C12H18N4OS. The van der Waals surface area contributed by atoms with Crippen LogP contribution in [0.5, 0.6) is 5.88 Å². The van der Waals surface area contributed by atoms with Crippen molar-refractivity contribution in [1.82, 2.24) is 9.97 Å². The van der Waals surface area contributed by atoms with Crippen LogP contribution in [-0.2, 0) is 0 Å². The fourth-order valence-electron chi connectivity index (χ4n) is 1.21. The van der Waals surface area contributed by atoms with Gasteiger partial charge in [-0.1, -0.05) is 12.8 Å². The molecule has 1 aromatic rings. The van der Waals surface area contributed by atoms with E-state index < -0.39 is 0 Å². The Bertz CT molecular complexity index is 406. The lowest BCUT2D eigenvalue weighted by Crippen LogP contribution is -2.10. The maximum atomic E-state index is 5.91. The number of thioether (sulfide) groups is 1. The molecule has 0 atom stereocenters. The Morgan fingerprint density at radius 1 is 1.56 bits per heavy atom. The van der Waals surface area contributed by atoms with E-state index in [0.29, 0.717) is 29.7 Å². The quantitative estimate of drug-likeness (QED) is 0.550. The lowest BCUT2D eigenvalue weighted by atomic mass is 10.4. The lowest BCUT2D eigenvalue weighted by molar-refractivity contribution is 0.307. The van der Waals surface area contributed by atoms with Gasteiger partial charge < -0.3 is 15.8 Å². The predicted molar refractivity (Wildman–Crippen MR) is 76.9 cm³/mol. The van der Waals surface area contributed by atoms with Crippen LogP contribution in [0.25, 0.3) is 0 Å². The van der Waals surface area contributed by atoms with Crippen molar-refractivity contribution in [3.8, 4) is 18.2 Å². The fourth-order valence-corrected chi connectivity index (χ4v) is 1.72. The molecule has 0 aliphatic carbocycles. The lowest BCUT2D eigenvalue weighted by Gasteiger charge is -2.11. The molecule has 18 heavy (non-hydrogen) atoms. The number of rotatable bonds is 8. The first kappa shape index (κ1) is 14.5. The highest BCUT2D eigenvalue weighted by Gasteiger charge is 2.08. The number of nitrogens with zero attached hydrogens (tertiary/aromatic N) is 2. The minimum Gasteiger partial charge on any atom is -0.476 e. The molecule has 0 aliphatic heterocycles. The topological polar surface area (TPSA) is 73.1 Å². The molecule has 98 valence electrons. The smallest absolute Gasteiger partial charge is 0.242 e. The van der Waals surface area contributed by atoms with Crippen molar-refractivity contribution in [2.45, 2.75) is 13.3 Å². The van der Waals surface area contributed by atoms with Crippen LogP contribution >= 0.6 is 11.8 Å². The number of hydrogen-bond donors (Lipinski definition) is 2. The largest absolute Gasteiger partial charge is 0.476 e. The Balaban J connectivity index is 2.47. The monoisotopic (exact) mass is 266 g/mol. The van der Waals surface area contributed by atoms with E-state index in [1.54, 1.807) is 11.8 Å². The normalized spacial score (nSPS) is 9.78. The molecule has 0 unspecified atom stereocenters. The molecule has 0 radical (unpaired) electrons. The first-order valence-corrected chi connectivity index (χ1v) is 6.93. The third-order valence-electron chi connectivity index (χ3n) is 2.01. The van der Waals surface area contributed by atoms with Crippen molar-refractivity contribution in [3.05, 3.63) is 6.33 Å². The van der Waals surface area contributed by atoms with Crippen LogP contribution in [-0.4, -0.2) is 34.6 Å². The standard InChI is InChI=1S/C12H18N4OS/c1-3-6-17-12-10(13)11(15-9-16-12)14-5-8-18-7-4-2/h2,9H,3,5-8,13H2,1H3,(H,14,15,16). The zero-order chi connectivity index (χ0) is 13.2. The zero-order valence-electron chi connectivity index (χ0n) is 10.5. The molecule has 0 aliphatic rings.